The van der Waals surface area contributed by atoms with Crippen LogP contribution < -0.4 is 15.5 Å². The lowest BCUT2D eigenvalue weighted by Crippen LogP contribution is -2.30. The summed E-state index contributed by atoms with van der Waals surface area (Å²) in [5.41, 5.74) is 3.33. The number of benzene rings is 6. The molecule has 4 amide bonds. The van der Waals surface area contributed by atoms with Gasteiger partial charge in [0, 0.05) is 33.6 Å². The van der Waals surface area contributed by atoms with Crippen molar-refractivity contribution >= 4 is 64.4 Å². The number of anilines is 3. The zero-order chi connectivity index (χ0) is 38.3. The molecule has 1 aliphatic heterocycles. The third-order valence-corrected chi connectivity index (χ3v) is 8.76. The smallest absolute Gasteiger partial charge is 0.266 e. The van der Waals surface area contributed by atoms with Gasteiger partial charge in [0.25, 0.3) is 23.6 Å². The van der Waals surface area contributed by atoms with Gasteiger partial charge in [-0.15, -0.1) is 0 Å². The summed E-state index contributed by atoms with van der Waals surface area (Å²) in [6.45, 7) is 0. The van der Waals surface area contributed by atoms with E-state index >= 15 is 0 Å². The van der Waals surface area contributed by atoms with Crippen molar-refractivity contribution < 1.29 is 28.8 Å². The Balaban J connectivity index is 1.16. The Labute approximate surface area is 316 Å². The van der Waals surface area contributed by atoms with E-state index in [4.69, 9.17) is 0 Å². The fourth-order valence-corrected chi connectivity index (χ4v) is 6.00. The fraction of sp³-hybridized carbons (Fsp3) is 0. The van der Waals surface area contributed by atoms with Crippen molar-refractivity contribution in [1.29, 1.82) is 0 Å². The average molecular weight is 722 g/mol. The second-order valence-electron chi connectivity index (χ2n) is 12.5. The summed E-state index contributed by atoms with van der Waals surface area (Å²) in [6, 6.07) is 41.9. The van der Waals surface area contributed by atoms with Gasteiger partial charge in [0.2, 0.25) is 0 Å². The monoisotopic (exact) mass is 721 g/mol. The van der Waals surface area contributed by atoms with Crippen LogP contribution in [0.25, 0.3) is 12.2 Å². The van der Waals surface area contributed by atoms with Gasteiger partial charge >= 0.3 is 0 Å². The minimum Gasteiger partial charge on any atom is -0.322 e. The number of rotatable bonds is 11. The third kappa shape index (κ3) is 8.16. The zero-order valence-electron chi connectivity index (χ0n) is 29.1. The van der Waals surface area contributed by atoms with Gasteiger partial charge in [0.05, 0.1) is 16.8 Å². The number of ketones is 2. The number of imide groups is 1. The molecule has 0 spiro atoms. The van der Waals surface area contributed by atoms with Gasteiger partial charge in [-0.2, -0.15) is 0 Å². The molecule has 0 unspecified atom stereocenters. The van der Waals surface area contributed by atoms with Gasteiger partial charge < -0.3 is 10.6 Å². The molecule has 2 N–H and O–H groups in total. The Bertz CT molecular complexity index is 2390. The number of fused-ring (bicyclic) bond motifs is 1. The van der Waals surface area contributed by atoms with Crippen LogP contribution >= 0.6 is 0 Å². The molecule has 0 atom stereocenters. The molecule has 0 saturated heterocycles. The van der Waals surface area contributed by atoms with Crippen molar-refractivity contribution in [1.82, 2.24) is 0 Å². The van der Waals surface area contributed by atoms with Gasteiger partial charge in [-0.3, -0.25) is 28.8 Å². The Morgan fingerprint density at radius 2 is 0.855 bits per heavy atom. The maximum absolute atomic E-state index is 13.8. The number of nitrogens with zero attached hydrogens (tertiary/aromatic N) is 1. The summed E-state index contributed by atoms with van der Waals surface area (Å²) in [5.74, 6) is -3.07. The fourth-order valence-electron chi connectivity index (χ4n) is 6.00. The molecule has 1 heterocycles. The predicted molar refractivity (Wildman–Crippen MR) is 212 cm³/mol. The summed E-state index contributed by atoms with van der Waals surface area (Å²) in [6.07, 6.45) is 6.28. The molecule has 9 nitrogen and oxygen atoms in total. The lowest BCUT2D eigenvalue weighted by Gasteiger charge is -2.17. The third-order valence-electron chi connectivity index (χ3n) is 8.76. The highest BCUT2D eigenvalue weighted by atomic mass is 16.2. The number of nitrogens with one attached hydrogen (secondary N) is 2. The molecule has 55 heavy (non-hydrogen) atoms. The van der Waals surface area contributed by atoms with E-state index in [1.165, 1.54) is 54.6 Å². The summed E-state index contributed by atoms with van der Waals surface area (Å²) in [5, 5.41) is 5.53. The molecule has 0 radical (unpaired) electrons. The van der Waals surface area contributed by atoms with Crippen LogP contribution in [0.15, 0.2) is 164 Å². The van der Waals surface area contributed by atoms with E-state index in [0.717, 1.165) is 16.0 Å². The summed E-state index contributed by atoms with van der Waals surface area (Å²) in [7, 11) is 0. The first-order valence-electron chi connectivity index (χ1n) is 17.2. The minimum atomic E-state index is -0.658. The quantitative estimate of drug-likeness (QED) is 0.0782. The minimum absolute atomic E-state index is 0.00829. The molecule has 0 bridgehead atoms. The number of amides is 4. The van der Waals surface area contributed by atoms with Crippen molar-refractivity contribution in [2.24, 2.45) is 0 Å². The first-order valence-corrected chi connectivity index (χ1v) is 17.2. The average Bonchev–Trinajstić information content (AvgIpc) is 3.48. The summed E-state index contributed by atoms with van der Waals surface area (Å²) >= 11 is 0. The normalized spacial score (nSPS) is 12.2. The SMILES string of the molecule is O=C(C=Cc1ccccc1)c1cccc(NC(=O)c2cc(C(=O)Nc3cccc(C(=O)C=Cc4ccccc4)c3)cc(N3C(=O)c4ccccc4C3=O)c2)c1. The Morgan fingerprint density at radius 1 is 0.436 bits per heavy atom. The summed E-state index contributed by atoms with van der Waals surface area (Å²) in [4.78, 5) is 81.4. The zero-order valence-corrected chi connectivity index (χ0v) is 29.1. The van der Waals surface area contributed by atoms with Crippen molar-refractivity contribution in [2.75, 3.05) is 15.5 Å². The number of hydrogen-bond donors (Lipinski definition) is 2. The van der Waals surface area contributed by atoms with Crippen LogP contribution in [0.4, 0.5) is 17.1 Å². The van der Waals surface area contributed by atoms with E-state index in [2.05, 4.69) is 10.6 Å². The van der Waals surface area contributed by atoms with E-state index < -0.39 is 23.6 Å². The molecule has 7 rings (SSSR count). The molecular weight excluding hydrogens is 691 g/mol. The largest absolute Gasteiger partial charge is 0.322 e. The van der Waals surface area contributed by atoms with Gasteiger partial charge in [-0.1, -0.05) is 109 Å². The van der Waals surface area contributed by atoms with Crippen LogP contribution in [0.1, 0.15) is 73.3 Å². The van der Waals surface area contributed by atoms with Crippen LogP contribution in [-0.2, 0) is 0 Å². The number of carbonyl (C=O) groups is 6. The van der Waals surface area contributed by atoms with Gasteiger partial charge in [0.15, 0.2) is 11.6 Å². The standard InChI is InChI=1S/C46H31N3O6/c50-41(23-21-30-11-3-1-4-12-30)32-15-9-17-36(26-32)47-43(52)34-25-35(29-38(28-34)49-45(54)39-19-7-8-20-40(39)46(49)55)44(53)48-37-18-10-16-33(27-37)42(51)24-22-31-13-5-2-6-14-31/h1-29H,(H,47,52)(H,48,53). The second kappa shape index (κ2) is 15.9. The predicted octanol–water partition coefficient (Wildman–Crippen LogP) is 8.78. The lowest BCUT2D eigenvalue weighted by atomic mass is 10.1. The summed E-state index contributed by atoms with van der Waals surface area (Å²) < 4.78 is 0. The van der Waals surface area contributed by atoms with Crippen LogP contribution in [-0.4, -0.2) is 35.2 Å². The van der Waals surface area contributed by atoms with Gasteiger partial charge in [-0.05, 0) is 77.9 Å². The van der Waals surface area contributed by atoms with E-state index in [1.54, 1.807) is 60.7 Å². The molecule has 0 saturated carbocycles. The topological polar surface area (TPSA) is 130 Å². The highest BCUT2D eigenvalue weighted by molar-refractivity contribution is 6.34. The Kier molecular flexibility index (Phi) is 10.3. The lowest BCUT2D eigenvalue weighted by molar-refractivity contribution is 0.0920. The van der Waals surface area contributed by atoms with Gasteiger partial charge in [-0.25, -0.2) is 4.90 Å². The molecule has 0 aliphatic carbocycles. The van der Waals surface area contributed by atoms with Crippen LogP contribution in [0.2, 0.25) is 0 Å². The molecule has 266 valence electrons. The highest BCUT2D eigenvalue weighted by Gasteiger charge is 2.37. The van der Waals surface area contributed by atoms with Gasteiger partial charge in [0.1, 0.15) is 0 Å². The first-order chi connectivity index (χ1) is 26.7. The van der Waals surface area contributed by atoms with Crippen molar-refractivity contribution in [3.05, 3.63) is 208 Å². The van der Waals surface area contributed by atoms with Crippen molar-refractivity contribution in [2.45, 2.75) is 0 Å². The second-order valence-corrected chi connectivity index (χ2v) is 12.5. The Morgan fingerprint density at radius 3 is 1.29 bits per heavy atom. The first kappa shape index (κ1) is 35.6. The number of carbonyl (C=O) groups excluding carboxylic acids is 6. The van der Waals surface area contributed by atoms with Crippen LogP contribution in [0.5, 0.6) is 0 Å². The maximum atomic E-state index is 13.8. The van der Waals surface area contributed by atoms with E-state index in [9.17, 15) is 28.8 Å². The van der Waals surface area contributed by atoms with E-state index in [1.807, 2.05) is 60.7 Å². The van der Waals surface area contributed by atoms with E-state index in [0.29, 0.717) is 22.5 Å². The molecule has 1 aliphatic rings. The van der Waals surface area contributed by atoms with Crippen LogP contribution in [0, 0.1) is 0 Å². The molecule has 0 fully saturated rings. The van der Waals surface area contributed by atoms with Crippen molar-refractivity contribution in [3.63, 3.8) is 0 Å². The molecule has 6 aromatic rings. The molecule has 0 aromatic heterocycles. The van der Waals surface area contributed by atoms with E-state index in [-0.39, 0.29) is 39.5 Å². The van der Waals surface area contributed by atoms with Crippen LogP contribution in [0.3, 0.4) is 0 Å². The number of hydrogen-bond acceptors (Lipinski definition) is 6. The maximum Gasteiger partial charge on any atom is 0.266 e. The Hall–Kier alpha value is -7.78. The molecular formula is C46H31N3O6. The molecule has 6 aromatic carbocycles. The highest BCUT2D eigenvalue weighted by Crippen LogP contribution is 2.31. The molecule has 9 heteroatoms. The van der Waals surface area contributed by atoms with Crippen molar-refractivity contribution in [3.8, 4) is 0 Å². The number of allylic oxidation sites excluding steroid dienone is 2.